The Balaban J connectivity index is 1.70. The van der Waals surface area contributed by atoms with Gasteiger partial charge in [-0.1, -0.05) is 36.2 Å². The number of hydrogen-bond acceptors (Lipinski definition) is 7. The lowest BCUT2D eigenvalue weighted by molar-refractivity contribution is 0.864. The van der Waals surface area contributed by atoms with Crippen LogP contribution >= 0.6 is 11.9 Å². The predicted molar refractivity (Wildman–Crippen MR) is 133 cm³/mol. The molecule has 5 N–H and O–H groups in total. The summed E-state index contributed by atoms with van der Waals surface area (Å²) in [6.45, 7) is 1.47. The molecule has 0 saturated heterocycles. The highest BCUT2D eigenvalue weighted by atomic mass is 32.2. The van der Waals surface area contributed by atoms with E-state index in [1.165, 1.54) is 0 Å². The molecule has 3 rings (SSSR count). The molecular formula is C24H28N6S. The highest BCUT2D eigenvalue weighted by Crippen LogP contribution is 2.24. The molecule has 0 amide bonds. The normalized spacial score (nSPS) is 10.7. The van der Waals surface area contributed by atoms with E-state index in [1.807, 2.05) is 80.1 Å². The van der Waals surface area contributed by atoms with Crippen LogP contribution in [0.1, 0.15) is 11.1 Å². The van der Waals surface area contributed by atoms with Crippen molar-refractivity contribution in [2.24, 2.45) is 0 Å². The average Bonchev–Trinajstić information content (AvgIpc) is 2.81. The smallest absolute Gasteiger partial charge is 0.0648 e. The van der Waals surface area contributed by atoms with Gasteiger partial charge in [-0.3, -0.25) is 9.71 Å². The first-order valence-corrected chi connectivity index (χ1v) is 11.1. The van der Waals surface area contributed by atoms with Crippen LogP contribution in [0.25, 0.3) is 0 Å². The lowest BCUT2D eigenvalue weighted by atomic mass is 10.1. The van der Waals surface area contributed by atoms with Crippen molar-refractivity contribution in [1.82, 2.24) is 15.0 Å². The summed E-state index contributed by atoms with van der Waals surface area (Å²) in [6, 6.07) is 20.0. The maximum absolute atomic E-state index is 8.62. The van der Waals surface area contributed by atoms with Crippen molar-refractivity contribution in [3.8, 4) is 0 Å². The lowest BCUT2D eigenvalue weighted by Gasteiger charge is -2.14. The molecule has 0 atom stereocenters. The van der Waals surface area contributed by atoms with E-state index in [9.17, 15) is 0 Å². The third-order valence-electron chi connectivity index (χ3n) is 4.43. The number of nitrogens with one attached hydrogen (secondary N) is 5. The van der Waals surface area contributed by atoms with Gasteiger partial charge in [0.2, 0.25) is 0 Å². The number of nitrogens with zero attached hydrogens (tertiary/aromatic N) is 1. The van der Waals surface area contributed by atoms with E-state index < -0.39 is 0 Å². The second-order valence-corrected chi connectivity index (χ2v) is 7.83. The average molecular weight is 433 g/mol. The molecule has 1 aromatic heterocycles. The fraction of sp³-hybridized carbons (Fsp3) is 0.167. The van der Waals surface area contributed by atoms with Crippen LogP contribution in [0.15, 0.2) is 85.3 Å². The number of aromatic nitrogens is 1. The van der Waals surface area contributed by atoms with Gasteiger partial charge in [0, 0.05) is 53.9 Å². The Hall–Kier alpha value is -3.29. The summed E-state index contributed by atoms with van der Waals surface area (Å²) in [7, 11) is 1.92. The molecule has 0 aliphatic rings. The van der Waals surface area contributed by atoms with E-state index in [0.29, 0.717) is 12.3 Å². The van der Waals surface area contributed by atoms with Gasteiger partial charge in [-0.05, 0) is 61.3 Å². The lowest BCUT2D eigenvalue weighted by Crippen LogP contribution is -2.11. The van der Waals surface area contributed by atoms with Gasteiger partial charge in [0.15, 0.2) is 0 Å². The molecule has 0 fully saturated rings. The Bertz CT molecular complexity index is 976. The van der Waals surface area contributed by atoms with Crippen LogP contribution in [0.3, 0.4) is 0 Å². The maximum Gasteiger partial charge on any atom is 0.0648 e. The number of rotatable bonds is 12. The molecule has 2 aromatic carbocycles. The van der Waals surface area contributed by atoms with Gasteiger partial charge in [0.25, 0.3) is 0 Å². The summed E-state index contributed by atoms with van der Waals surface area (Å²) in [5, 5.41) is 18.7. The zero-order chi connectivity index (χ0) is 21.7. The van der Waals surface area contributed by atoms with Gasteiger partial charge in [-0.2, -0.15) is 0 Å². The van der Waals surface area contributed by atoms with Crippen LogP contribution in [0.4, 0.5) is 17.1 Å². The van der Waals surface area contributed by atoms with E-state index in [2.05, 4.69) is 25.7 Å². The molecule has 31 heavy (non-hydrogen) atoms. The van der Waals surface area contributed by atoms with Crippen LogP contribution < -0.4 is 20.7 Å². The van der Waals surface area contributed by atoms with Crippen molar-refractivity contribution in [3.63, 3.8) is 0 Å². The van der Waals surface area contributed by atoms with E-state index in [-0.39, 0.29) is 0 Å². The molecule has 0 spiro atoms. The molecule has 0 saturated carbocycles. The van der Waals surface area contributed by atoms with E-state index in [0.717, 1.165) is 40.5 Å². The molecule has 0 aliphatic carbocycles. The summed E-state index contributed by atoms with van der Waals surface area (Å²) in [5.41, 5.74) is 5.26. The molecule has 3 aromatic rings. The summed E-state index contributed by atoms with van der Waals surface area (Å²) < 4.78 is 3.08. The van der Waals surface area contributed by atoms with Crippen LogP contribution in [-0.4, -0.2) is 30.0 Å². The van der Waals surface area contributed by atoms with Gasteiger partial charge in [-0.25, -0.2) is 0 Å². The molecule has 0 unspecified atom stereocenters. The fourth-order valence-corrected chi connectivity index (χ4v) is 3.35. The molecular weight excluding hydrogens is 404 g/mol. The van der Waals surface area contributed by atoms with Gasteiger partial charge in [0.1, 0.15) is 0 Å². The van der Waals surface area contributed by atoms with Gasteiger partial charge in [-0.15, -0.1) is 0 Å². The van der Waals surface area contributed by atoms with Gasteiger partial charge in [0.05, 0.1) is 5.71 Å². The first-order valence-electron chi connectivity index (χ1n) is 10.1. The minimum atomic E-state index is 0.430. The number of allylic oxidation sites excluding steroid dienone is 1. The monoisotopic (exact) mass is 432 g/mol. The van der Waals surface area contributed by atoms with E-state index in [1.54, 1.807) is 24.2 Å². The first kappa shape index (κ1) is 22.4. The molecule has 1 heterocycles. The number of anilines is 3. The van der Waals surface area contributed by atoms with Crippen LogP contribution in [-0.2, 0) is 6.54 Å². The van der Waals surface area contributed by atoms with Crippen LogP contribution in [0.5, 0.6) is 0 Å². The zero-order valence-electron chi connectivity index (χ0n) is 17.6. The standard InChI is InChI=1S/C24H28N6S/c1-26-31-15-14-29-24-10-9-21(30-20-7-3-2-4-8-20)16-22(24)23(25)11-13-28-18-19-6-5-12-27-17-19/h2-13,16-17,25-26,28-30H,14-15,18H2,1H3/b13-11-,25-23?. The van der Waals surface area contributed by atoms with Crippen molar-refractivity contribution in [2.75, 3.05) is 30.0 Å². The Kier molecular flexibility index (Phi) is 8.97. The molecule has 0 radical (unpaired) electrons. The topological polar surface area (TPSA) is 84.9 Å². The zero-order valence-corrected chi connectivity index (χ0v) is 18.4. The highest BCUT2D eigenvalue weighted by molar-refractivity contribution is 7.97. The molecule has 0 aliphatic heterocycles. The van der Waals surface area contributed by atoms with Crippen molar-refractivity contribution < 1.29 is 0 Å². The van der Waals surface area contributed by atoms with Crippen molar-refractivity contribution in [3.05, 3.63) is 96.5 Å². The first-order chi connectivity index (χ1) is 15.3. The number of benzene rings is 2. The van der Waals surface area contributed by atoms with E-state index >= 15 is 0 Å². The Labute approximate surface area is 188 Å². The summed E-state index contributed by atoms with van der Waals surface area (Å²) in [6.07, 6.45) is 7.18. The Morgan fingerprint density at radius 1 is 1.06 bits per heavy atom. The van der Waals surface area contributed by atoms with Crippen molar-refractivity contribution in [1.29, 1.82) is 5.41 Å². The van der Waals surface area contributed by atoms with Crippen molar-refractivity contribution >= 4 is 34.7 Å². The second-order valence-electron chi connectivity index (χ2n) is 6.72. The molecule has 7 heteroatoms. The maximum atomic E-state index is 8.62. The summed E-state index contributed by atoms with van der Waals surface area (Å²) in [5.74, 6) is 0.926. The SMILES string of the molecule is CNSCCNc1ccc(Nc2ccccc2)cc1C(=N)/C=C\NCc1cccnc1. The molecule has 0 bridgehead atoms. The minimum absolute atomic E-state index is 0.430. The summed E-state index contributed by atoms with van der Waals surface area (Å²) >= 11 is 1.65. The third-order valence-corrected chi connectivity index (χ3v) is 5.13. The molecule has 6 nitrogen and oxygen atoms in total. The second kappa shape index (κ2) is 12.4. The molecule has 160 valence electrons. The van der Waals surface area contributed by atoms with Gasteiger partial charge < -0.3 is 21.4 Å². The van der Waals surface area contributed by atoms with Crippen molar-refractivity contribution in [2.45, 2.75) is 6.54 Å². The Morgan fingerprint density at radius 3 is 2.71 bits per heavy atom. The van der Waals surface area contributed by atoms with Crippen LogP contribution in [0.2, 0.25) is 0 Å². The quantitative estimate of drug-likeness (QED) is 0.161. The largest absolute Gasteiger partial charge is 0.387 e. The number of hydrogen-bond donors (Lipinski definition) is 5. The van der Waals surface area contributed by atoms with Gasteiger partial charge >= 0.3 is 0 Å². The number of para-hydroxylation sites is 1. The number of pyridine rings is 1. The third kappa shape index (κ3) is 7.47. The Morgan fingerprint density at radius 2 is 1.94 bits per heavy atom. The fourth-order valence-electron chi connectivity index (χ4n) is 2.94. The highest BCUT2D eigenvalue weighted by Gasteiger charge is 2.08. The van der Waals surface area contributed by atoms with E-state index in [4.69, 9.17) is 5.41 Å². The predicted octanol–water partition coefficient (Wildman–Crippen LogP) is 4.78. The minimum Gasteiger partial charge on any atom is -0.387 e. The van der Waals surface area contributed by atoms with Crippen LogP contribution in [0, 0.1) is 5.41 Å². The summed E-state index contributed by atoms with van der Waals surface area (Å²) in [4.78, 5) is 4.12.